The van der Waals surface area contributed by atoms with E-state index in [1.165, 1.54) is 6.20 Å². The normalized spacial score (nSPS) is 10.8. The van der Waals surface area contributed by atoms with Crippen LogP contribution in [-0.4, -0.2) is 40.8 Å². The van der Waals surface area contributed by atoms with E-state index in [0.29, 0.717) is 18.7 Å². The fourth-order valence-corrected chi connectivity index (χ4v) is 1.81. The summed E-state index contributed by atoms with van der Waals surface area (Å²) in [5.41, 5.74) is 3.25. The van der Waals surface area contributed by atoms with Gasteiger partial charge in [0.2, 0.25) is 5.91 Å². The van der Waals surface area contributed by atoms with E-state index in [-0.39, 0.29) is 17.9 Å². The molecular weight excluding hydrogens is 270 g/mol. The van der Waals surface area contributed by atoms with Gasteiger partial charge in [0.25, 0.3) is 5.91 Å². The zero-order valence-corrected chi connectivity index (χ0v) is 12.7. The molecular formula is C14H23N5O2. The quantitative estimate of drug-likeness (QED) is 0.374. The molecule has 2 amide bonds. The minimum atomic E-state index is -0.377. The van der Waals surface area contributed by atoms with Crippen LogP contribution in [0, 0.1) is 0 Å². The predicted octanol–water partition coefficient (Wildman–Crippen LogP) is 0.0316. The zero-order valence-electron chi connectivity index (χ0n) is 12.7. The largest absolute Gasteiger partial charge is 0.353 e. The highest BCUT2D eigenvalue weighted by molar-refractivity contribution is 5.93. The van der Waals surface area contributed by atoms with Crippen LogP contribution in [0.1, 0.15) is 36.8 Å². The lowest BCUT2D eigenvalue weighted by atomic mass is 10.2. The first-order valence-electron chi connectivity index (χ1n) is 6.93. The summed E-state index contributed by atoms with van der Waals surface area (Å²) in [5.74, 6) is 4.67. The van der Waals surface area contributed by atoms with E-state index in [9.17, 15) is 9.59 Å². The lowest BCUT2D eigenvalue weighted by Gasteiger charge is -2.20. The molecule has 21 heavy (non-hydrogen) atoms. The molecule has 7 heteroatoms. The molecule has 1 aromatic rings. The van der Waals surface area contributed by atoms with Gasteiger partial charge < -0.3 is 5.32 Å². The molecule has 0 aliphatic carbocycles. The maximum Gasteiger partial charge on any atom is 0.266 e. The third-order valence-corrected chi connectivity index (χ3v) is 2.87. The molecule has 7 nitrogen and oxygen atoms in total. The number of amides is 2. The van der Waals surface area contributed by atoms with E-state index in [0.717, 1.165) is 12.2 Å². The molecule has 4 N–H and O–H groups in total. The Balaban J connectivity index is 2.60. The van der Waals surface area contributed by atoms with E-state index in [1.54, 1.807) is 12.1 Å². The van der Waals surface area contributed by atoms with E-state index >= 15 is 0 Å². The summed E-state index contributed by atoms with van der Waals surface area (Å²) in [6, 6.07) is 3.54. The van der Waals surface area contributed by atoms with E-state index in [4.69, 9.17) is 5.84 Å². The van der Waals surface area contributed by atoms with Gasteiger partial charge in [-0.3, -0.25) is 24.9 Å². The van der Waals surface area contributed by atoms with Crippen LogP contribution in [0.2, 0.25) is 0 Å². The number of carbonyl (C=O) groups is 2. The number of nitrogen functional groups attached to an aromatic ring is 1. The van der Waals surface area contributed by atoms with Gasteiger partial charge in [0.15, 0.2) is 0 Å². The summed E-state index contributed by atoms with van der Waals surface area (Å²) < 4.78 is 0. The number of aromatic nitrogens is 1. The summed E-state index contributed by atoms with van der Waals surface area (Å²) in [6.45, 7) is 7.44. The van der Waals surface area contributed by atoms with Gasteiger partial charge in [-0.05, 0) is 32.5 Å². The lowest BCUT2D eigenvalue weighted by molar-refractivity contribution is -0.122. The first-order valence-corrected chi connectivity index (χ1v) is 6.93. The molecule has 0 aliphatic heterocycles. The van der Waals surface area contributed by atoms with Crippen molar-refractivity contribution in [3.8, 4) is 0 Å². The molecule has 0 fully saturated rings. The van der Waals surface area contributed by atoms with Crippen LogP contribution in [0.3, 0.4) is 0 Å². The van der Waals surface area contributed by atoms with Crippen LogP contribution in [0.25, 0.3) is 0 Å². The second-order valence-electron chi connectivity index (χ2n) is 5.04. The van der Waals surface area contributed by atoms with Gasteiger partial charge in [0.05, 0.1) is 17.8 Å². The van der Waals surface area contributed by atoms with Crippen LogP contribution in [0.4, 0.5) is 0 Å². The van der Waals surface area contributed by atoms with Gasteiger partial charge in [0.1, 0.15) is 0 Å². The van der Waals surface area contributed by atoms with Crippen molar-refractivity contribution in [1.29, 1.82) is 0 Å². The number of hydrogen-bond donors (Lipinski definition) is 3. The lowest BCUT2D eigenvalue weighted by Crippen LogP contribution is -2.39. The summed E-state index contributed by atoms with van der Waals surface area (Å²) in [4.78, 5) is 29.3. The van der Waals surface area contributed by atoms with E-state index in [2.05, 4.69) is 15.7 Å². The highest BCUT2D eigenvalue weighted by Gasteiger charge is 2.11. The van der Waals surface area contributed by atoms with E-state index in [1.807, 2.05) is 25.7 Å². The Labute approximate surface area is 124 Å². The average molecular weight is 293 g/mol. The number of carbonyl (C=O) groups excluding carboxylic acids is 2. The monoisotopic (exact) mass is 293 g/mol. The number of pyridine rings is 1. The minimum absolute atomic E-state index is 0.00835. The molecule has 116 valence electrons. The fraction of sp³-hybridized carbons (Fsp3) is 0.500. The minimum Gasteiger partial charge on any atom is -0.353 e. The summed E-state index contributed by atoms with van der Waals surface area (Å²) in [5, 5.41) is 2.86. The van der Waals surface area contributed by atoms with Gasteiger partial charge in [0, 0.05) is 18.8 Å². The number of nitrogens with one attached hydrogen (secondary N) is 2. The third-order valence-electron chi connectivity index (χ3n) is 2.87. The van der Waals surface area contributed by atoms with Crippen molar-refractivity contribution in [2.45, 2.75) is 33.4 Å². The molecule has 0 radical (unpaired) electrons. The molecule has 1 aromatic heterocycles. The van der Waals surface area contributed by atoms with Crippen molar-refractivity contribution in [3.05, 3.63) is 29.6 Å². The number of nitrogens with two attached hydrogens (primary N) is 1. The first-order chi connectivity index (χ1) is 9.96. The highest BCUT2D eigenvalue weighted by atomic mass is 16.2. The summed E-state index contributed by atoms with van der Waals surface area (Å²) in [7, 11) is 0. The van der Waals surface area contributed by atoms with Crippen LogP contribution < -0.4 is 16.6 Å². The molecule has 1 rings (SSSR count). The molecule has 0 unspecified atom stereocenters. The predicted molar refractivity (Wildman–Crippen MR) is 80.1 cm³/mol. The number of rotatable bonds is 7. The Morgan fingerprint density at radius 3 is 2.57 bits per heavy atom. The maximum absolute atomic E-state index is 11.8. The maximum atomic E-state index is 11.8. The smallest absolute Gasteiger partial charge is 0.266 e. The Kier molecular flexibility index (Phi) is 6.77. The average Bonchev–Trinajstić information content (AvgIpc) is 2.45. The molecule has 0 aromatic carbocycles. The molecule has 0 saturated carbocycles. The Morgan fingerprint density at radius 2 is 2.10 bits per heavy atom. The van der Waals surface area contributed by atoms with Crippen molar-refractivity contribution in [1.82, 2.24) is 20.6 Å². The van der Waals surface area contributed by atoms with Crippen molar-refractivity contribution < 1.29 is 9.59 Å². The first kappa shape index (κ1) is 17.1. The molecule has 0 saturated heterocycles. The van der Waals surface area contributed by atoms with Crippen molar-refractivity contribution in [2.75, 3.05) is 13.1 Å². The summed E-state index contributed by atoms with van der Waals surface area (Å²) in [6.07, 6.45) is 1.47. The molecule has 0 aliphatic rings. The van der Waals surface area contributed by atoms with E-state index < -0.39 is 0 Å². The van der Waals surface area contributed by atoms with Gasteiger partial charge in [-0.25, -0.2) is 5.84 Å². The van der Waals surface area contributed by atoms with Gasteiger partial charge in [-0.15, -0.1) is 0 Å². The number of nitrogens with zero attached hydrogens (tertiary/aromatic N) is 2. The third kappa shape index (κ3) is 5.88. The number of hydrazine groups is 1. The van der Waals surface area contributed by atoms with Gasteiger partial charge in [-0.1, -0.05) is 6.92 Å². The standard InChI is InChI=1S/C14H23N5O2/c1-4-19(9-13(20)17-10(2)3)8-12-6-5-11(7-16-12)14(21)18-15/h5-7,10H,4,8-9,15H2,1-3H3,(H,17,20)(H,18,21). The fourth-order valence-electron chi connectivity index (χ4n) is 1.81. The molecule has 0 bridgehead atoms. The number of likely N-dealkylation sites (N-methyl/N-ethyl adjacent to an activating group) is 1. The highest BCUT2D eigenvalue weighted by Crippen LogP contribution is 2.04. The van der Waals surface area contributed by atoms with Crippen LogP contribution in [0.5, 0.6) is 0 Å². The van der Waals surface area contributed by atoms with Crippen molar-refractivity contribution in [2.24, 2.45) is 5.84 Å². The van der Waals surface area contributed by atoms with Crippen molar-refractivity contribution >= 4 is 11.8 Å². The Morgan fingerprint density at radius 1 is 1.38 bits per heavy atom. The van der Waals surface area contributed by atoms with Gasteiger partial charge >= 0.3 is 0 Å². The molecule has 0 spiro atoms. The van der Waals surface area contributed by atoms with Crippen LogP contribution >= 0.6 is 0 Å². The second-order valence-corrected chi connectivity index (χ2v) is 5.04. The van der Waals surface area contributed by atoms with Gasteiger partial charge in [-0.2, -0.15) is 0 Å². The molecule has 1 heterocycles. The number of hydrogen-bond acceptors (Lipinski definition) is 5. The SMILES string of the molecule is CCN(CC(=O)NC(C)C)Cc1ccc(C(=O)NN)cn1. The Bertz CT molecular complexity index is 473. The van der Waals surface area contributed by atoms with Crippen LogP contribution in [-0.2, 0) is 11.3 Å². The second kappa shape index (κ2) is 8.33. The van der Waals surface area contributed by atoms with Crippen LogP contribution in [0.15, 0.2) is 18.3 Å². The van der Waals surface area contributed by atoms with Crippen molar-refractivity contribution in [3.63, 3.8) is 0 Å². The zero-order chi connectivity index (χ0) is 15.8. The summed E-state index contributed by atoms with van der Waals surface area (Å²) >= 11 is 0. The topological polar surface area (TPSA) is 100 Å². The Hall–Kier alpha value is -1.99. The molecule has 0 atom stereocenters.